The van der Waals surface area contributed by atoms with Gasteiger partial charge in [0.2, 0.25) is 0 Å². The summed E-state index contributed by atoms with van der Waals surface area (Å²) in [6.45, 7) is 3.70. The van der Waals surface area contributed by atoms with Crippen molar-refractivity contribution >= 4 is 28.9 Å². The molecule has 0 bridgehead atoms. The molecule has 1 aliphatic heterocycles. The van der Waals surface area contributed by atoms with Crippen LogP contribution in [0.2, 0.25) is 0 Å². The molecule has 1 aliphatic rings. The van der Waals surface area contributed by atoms with Crippen molar-refractivity contribution in [3.8, 4) is 6.07 Å². The number of alkyl halides is 3. The lowest BCUT2D eigenvalue weighted by atomic mass is 10.0. The first-order valence-corrected chi connectivity index (χ1v) is 8.79. The molecule has 3 rings (SSSR count). The van der Waals surface area contributed by atoms with Crippen molar-refractivity contribution in [2.75, 3.05) is 4.90 Å². The van der Waals surface area contributed by atoms with E-state index in [9.17, 15) is 18.0 Å². The lowest BCUT2D eigenvalue weighted by Gasteiger charge is -2.29. The molecule has 0 spiro atoms. The van der Waals surface area contributed by atoms with E-state index in [1.807, 2.05) is 30.3 Å². The van der Waals surface area contributed by atoms with Crippen molar-refractivity contribution in [1.29, 1.82) is 5.26 Å². The first-order chi connectivity index (χ1) is 13.1. The number of amides is 1. The molecule has 1 amide bonds. The number of carbonyl (C=O) groups excluding carboxylic acids is 1. The van der Waals surface area contributed by atoms with E-state index in [0.717, 1.165) is 22.6 Å². The summed E-state index contributed by atoms with van der Waals surface area (Å²) in [4.78, 5) is 15.8. The van der Waals surface area contributed by atoms with E-state index in [-0.39, 0.29) is 10.8 Å². The van der Waals surface area contributed by atoms with Crippen LogP contribution in [0.5, 0.6) is 0 Å². The lowest BCUT2D eigenvalue weighted by molar-refractivity contribution is -0.137. The van der Waals surface area contributed by atoms with Gasteiger partial charge in [0, 0.05) is 6.54 Å². The Balaban J connectivity index is 2.03. The smallest absolute Gasteiger partial charge is 0.330 e. The molecule has 0 aromatic heterocycles. The van der Waals surface area contributed by atoms with E-state index >= 15 is 0 Å². The molecule has 0 aliphatic carbocycles. The summed E-state index contributed by atoms with van der Waals surface area (Å²) < 4.78 is 39.9. The third kappa shape index (κ3) is 3.34. The molecule has 1 heterocycles. The van der Waals surface area contributed by atoms with Gasteiger partial charge in [0.1, 0.15) is 5.54 Å². The highest BCUT2D eigenvalue weighted by Crippen LogP contribution is 2.38. The summed E-state index contributed by atoms with van der Waals surface area (Å²) in [6, 6.07) is 14.0. The lowest BCUT2D eigenvalue weighted by Crippen LogP contribution is -2.43. The van der Waals surface area contributed by atoms with Crippen LogP contribution in [0.3, 0.4) is 0 Å². The minimum absolute atomic E-state index is 0.00929. The highest BCUT2D eigenvalue weighted by Gasteiger charge is 2.49. The van der Waals surface area contributed by atoms with E-state index in [4.69, 9.17) is 17.5 Å². The van der Waals surface area contributed by atoms with Gasteiger partial charge in [-0.2, -0.15) is 18.4 Å². The number of benzene rings is 2. The van der Waals surface area contributed by atoms with Crippen LogP contribution >= 0.6 is 12.2 Å². The Hall–Kier alpha value is -2.92. The third-order valence-electron chi connectivity index (χ3n) is 4.69. The number of nitrogens with zero attached hydrogens (tertiary/aromatic N) is 3. The van der Waals surface area contributed by atoms with Gasteiger partial charge in [0.15, 0.2) is 5.11 Å². The number of thiocarbonyl (C=S) groups is 1. The Morgan fingerprint density at radius 2 is 1.79 bits per heavy atom. The Kier molecular flexibility index (Phi) is 4.90. The van der Waals surface area contributed by atoms with Crippen molar-refractivity contribution in [2.24, 2.45) is 0 Å². The average molecular weight is 403 g/mol. The molecule has 0 atom stereocenters. The van der Waals surface area contributed by atoms with Crippen molar-refractivity contribution < 1.29 is 18.0 Å². The molecule has 28 heavy (non-hydrogen) atoms. The summed E-state index contributed by atoms with van der Waals surface area (Å²) in [7, 11) is 0. The number of nitriles is 1. The van der Waals surface area contributed by atoms with E-state index < -0.39 is 28.7 Å². The monoisotopic (exact) mass is 403 g/mol. The first-order valence-electron chi connectivity index (χ1n) is 8.39. The number of rotatable bonds is 3. The predicted molar refractivity (Wildman–Crippen MR) is 102 cm³/mol. The minimum atomic E-state index is -4.72. The minimum Gasteiger partial charge on any atom is -0.330 e. The Bertz CT molecular complexity index is 980. The zero-order chi connectivity index (χ0) is 20.7. The molecule has 4 nitrogen and oxygen atoms in total. The second-order valence-corrected chi connectivity index (χ2v) is 7.26. The van der Waals surface area contributed by atoms with Crippen LogP contribution < -0.4 is 4.90 Å². The van der Waals surface area contributed by atoms with E-state index in [1.54, 1.807) is 18.7 Å². The first kappa shape index (κ1) is 19.8. The van der Waals surface area contributed by atoms with Crippen LogP contribution in [0.25, 0.3) is 0 Å². The normalized spacial score (nSPS) is 16.4. The summed E-state index contributed by atoms with van der Waals surface area (Å²) >= 11 is 5.45. The van der Waals surface area contributed by atoms with E-state index in [0.29, 0.717) is 6.54 Å². The number of halogens is 3. The quantitative estimate of drug-likeness (QED) is 0.709. The Labute approximate surface area is 165 Å². The maximum Gasteiger partial charge on any atom is 0.417 e. The van der Waals surface area contributed by atoms with Crippen LogP contribution in [0.4, 0.5) is 18.9 Å². The number of hydrogen-bond acceptors (Lipinski definition) is 3. The molecular weight excluding hydrogens is 387 g/mol. The molecule has 144 valence electrons. The molecule has 0 radical (unpaired) electrons. The van der Waals surface area contributed by atoms with Gasteiger partial charge in [0.25, 0.3) is 5.91 Å². The SMILES string of the molecule is CC1(C)C(=O)N(c2ccc(C#N)c(C(F)(F)F)c2)C(=S)N1Cc1ccccc1. The number of hydrogen-bond donors (Lipinski definition) is 0. The molecule has 2 aromatic carbocycles. The van der Waals surface area contributed by atoms with E-state index in [1.165, 1.54) is 12.1 Å². The van der Waals surface area contributed by atoms with Gasteiger partial charge in [-0.1, -0.05) is 30.3 Å². The van der Waals surface area contributed by atoms with Gasteiger partial charge < -0.3 is 4.90 Å². The fourth-order valence-corrected chi connectivity index (χ4v) is 3.58. The fraction of sp³-hybridized carbons (Fsp3) is 0.250. The maximum absolute atomic E-state index is 13.3. The standard InChI is InChI=1S/C20H16F3N3OS/c1-19(2)17(27)26(18(28)25(19)12-13-6-4-3-5-7-13)15-9-8-14(11-24)16(10-15)20(21,22)23/h3-10H,12H2,1-2H3. The molecule has 0 saturated carbocycles. The van der Waals surface area contributed by atoms with Crippen LogP contribution in [-0.2, 0) is 17.5 Å². The van der Waals surface area contributed by atoms with Crippen LogP contribution in [0.1, 0.15) is 30.5 Å². The summed E-state index contributed by atoms with van der Waals surface area (Å²) in [5.41, 5.74) is -1.72. The fourth-order valence-electron chi connectivity index (χ4n) is 3.10. The van der Waals surface area contributed by atoms with Gasteiger partial charge in [-0.15, -0.1) is 0 Å². The molecule has 0 N–H and O–H groups in total. The van der Waals surface area contributed by atoms with E-state index in [2.05, 4.69) is 0 Å². The van der Waals surface area contributed by atoms with Crippen molar-refractivity contribution in [3.05, 3.63) is 65.2 Å². The third-order valence-corrected chi connectivity index (χ3v) is 5.10. The zero-order valence-corrected chi connectivity index (χ0v) is 15.9. The second-order valence-electron chi connectivity index (χ2n) is 6.89. The topological polar surface area (TPSA) is 47.3 Å². The largest absolute Gasteiger partial charge is 0.417 e. The molecule has 8 heteroatoms. The zero-order valence-electron chi connectivity index (χ0n) is 15.1. The number of carbonyl (C=O) groups is 1. The van der Waals surface area contributed by atoms with Crippen LogP contribution in [-0.4, -0.2) is 21.5 Å². The van der Waals surface area contributed by atoms with Crippen LogP contribution in [0, 0.1) is 11.3 Å². The highest BCUT2D eigenvalue weighted by molar-refractivity contribution is 7.80. The molecule has 1 fully saturated rings. The summed E-state index contributed by atoms with van der Waals surface area (Å²) in [5, 5.41) is 9.09. The maximum atomic E-state index is 13.3. The summed E-state index contributed by atoms with van der Waals surface area (Å²) in [6.07, 6.45) is -4.72. The number of anilines is 1. The molecule has 1 saturated heterocycles. The van der Waals surface area contributed by atoms with Gasteiger partial charge in [0.05, 0.1) is 22.9 Å². The second kappa shape index (κ2) is 6.91. The summed E-state index contributed by atoms with van der Waals surface area (Å²) in [5.74, 6) is -0.425. The Morgan fingerprint density at radius 3 is 2.36 bits per heavy atom. The van der Waals surface area contributed by atoms with Gasteiger partial charge in [-0.3, -0.25) is 9.69 Å². The molecule has 0 unspecified atom stereocenters. The molecule has 2 aromatic rings. The van der Waals surface area contributed by atoms with Gasteiger partial charge in [-0.25, -0.2) is 0 Å². The van der Waals surface area contributed by atoms with Gasteiger partial charge in [-0.05, 0) is 49.8 Å². The highest BCUT2D eigenvalue weighted by atomic mass is 32.1. The average Bonchev–Trinajstić information content (AvgIpc) is 2.81. The van der Waals surface area contributed by atoms with Crippen molar-refractivity contribution in [3.63, 3.8) is 0 Å². The predicted octanol–water partition coefficient (Wildman–Crippen LogP) is 4.49. The van der Waals surface area contributed by atoms with Crippen molar-refractivity contribution in [2.45, 2.75) is 32.1 Å². The molecular formula is C20H16F3N3OS. The van der Waals surface area contributed by atoms with Crippen molar-refractivity contribution in [1.82, 2.24) is 4.90 Å². The van der Waals surface area contributed by atoms with Crippen LogP contribution in [0.15, 0.2) is 48.5 Å². The van der Waals surface area contributed by atoms with Gasteiger partial charge >= 0.3 is 6.18 Å². The Morgan fingerprint density at radius 1 is 1.14 bits per heavy atom.